The molecule has 5 heteroatoms. The van der Waals surface area contributed by atoms with Crippen LogP contribution < -0.4 is 5.32 Å². The highest BCUT2D eigenvalue weighted by Crippen LogP contribution is 2.20. The van der Waals surface area contributed by atoms with Gasteiger partial charge in [0.05, 0.1) is 18.8 Å². The Labute approximate surface area is 129 Å². The maximum absolute atomic E-state index is 11.8. The minimum Gasteiger partial charge on any atom is -0.389 e. The summed E-state index contributed by atoms with van der Waals surface area (Å²) in [4.78, 5) is 13.6. The summed E-state index contributed by atoms with van der Waals surface area (Å²) in [7, 11) is 0. The number of ether oxygens (including phenoxy) is 1. The lowest BCUT2D eigenvalue weighted by Crippen LogP contribution is -2.36. The molecule has 0 aliphatic heterocycles. The monoisotopic (exact) mass is 300 g/mol. The van der Waals surface area contributed by atoms with E-state index in [9.17, 15) is 9.90 Å². The Kier molecular flexibility index (Phi) is 9.63. The van der Waals surface area contributed by atoms with Crippen LogP contribution in [0.15, 0.2) is 0 Å². The minimum atomic E-state index is -0.490. The van der Waals surface area contributed by atoms with Crippen LogP contribution in [-0.2, 0) is 9.53 Å². The van der Waals surface area contributed by atoms with Crippen molar-refractivity contribution >= 4 is 5.91 Å². The lowest BCUT2D eigenvalue weighted by molar-refractivity contribution is -0.130. The molecule has 1 atom stereocenters. The van der Waals surface area contributed by atoms with Crippen molar-refractivity contribution < 1.29 is 14.6 Å². The number of carbonyl (C=O) groups is 1. The Morgan fingerprint density at radius 2 is 1.95 bits per heavy atom. The van der Waals surface area contributed by atoms with Crippen molar-refractivity contribution in [3.63, 3.8) is 0 Å². The molecular formula is C16H32N2O3. The van der Waals surface area contributed by atoms with E-state index in [0.717, 1.165) is 25.9 Å². The quantitative estimate of drug-likeness (QED) is 0.601. The number of rotatable bonds is 10. The van der Waals surface area contributed by atoms with Gasteiger partial charge in [0.25, 0.3) is 0 Å². The van der Waals surface area contributed by atoms with Crippen LogP contribution in [0, 0.1) is 0 Å². The Morgan fingerprint density at radius 3 is 2.57 bits per heavy atom. The summed E-state index contributed by atoms with van der Waals surface area (Å²) in [6, 6.07) is 0. The van der Waals surface area contributed by atoms with Gasteiger partial charge in [-0.1, -0.05) is 19.3 Å². The van der Waals surface area contributed by atoms with Gasteiger partial charge in [-0.3, -0.25) is 4.79 Å². The number of hydrogen-bond acceptors (Lipinski definition) is 4. The van der Waals surface area contributed by atoms with E-state index in [4.69, 9.17) is 4.74 Å². The number of hydrogen-bond donors (Lipinski definition) is 2. The normalized spacial score (nSPS) is 17.7. The van der Waals surface area contributed by atoms with Crippen LogP contribution in [0.4, 0.5) is 0 Å². The number of aliphatic hydroxyl groups excluding tert-OH is 1. The van der Waals surface area contributed by atoms with Crippen molar-refractivity contribution in [2.24, 2.45) is 0 Å². The summed E-state index contributed by atoms with van der Waals surface area (Å²) >= 11 is 0. The number of carbonyl (C=O) groups excluding carboxylic acids is 1. The van der Waals surface area contributed by atoms with Gasteiger partial charge in [0.2, 0.25) is 5.91 Å². The molecule has 1 rings (SSSR count). The zero-order valence-electron chi connectivity index (χ0n) is 13.6. The molecule has 1 aliphatic rings. The fourth-order valence-electron chi connectivity index (χ4n) is 2.74. The molecule has 5 nitrogen and oxygen atoms in total. The van der Waals surface area contributed by atoms with E-state index in [1.165, 1.54) is 19.3 Å². The van der Waals surface area contributed by atoms with Crippen LogP contribution in [0.2, 0.25) is 0 Å². The zero-order chi connectivity index (χ0) is 15.5. The van der Waals surface area contributed by atoms with Crippen molar-refractivity contribution in [1.29, 1.82) is 0 Å². The van der Waals surface area contributed by atoms with Crippen molar-refractivity contribution in [1.82, 2.24) is 10.2 Å². The second-order valence-corrected chi connectivity index (χ2v) is 5.77. The van der Waals surface area contributed by atoms with E-state index in [1.807, 2.05) is 18.7 Å². The summed E-state index contributed by atoms with van der Waals surface area (Å²) in [6.07, 6.45) is 6.37. The number of nitrogens with one attached hydrogen (secondary N) is 1. The van der Waals surface area contributed by atoms with Gasteiger partial charge in [-0.15, -0.1) is 0 Å². The number of aliphatic hydroxyl groups is 1. The highest BCUT2D eigenvalue weighted by Gasteiger charge is 2.15. The van der Waals surface area contributed by atoms with Gasteiger partial charge in [0.1, 0.15) is 0 Å². The lowest BCUT2D eigenvalue weighted by Gasteiger charge is -2.23. The van der Waals surface area contributed by atoms with E-state index in [1.54, 1.807) is 0 Å². The first-order valence-electron chi connectivity index (χ1n) is 8.45. The first-order valence-corrected chi connectivity index (χ1v) is 8.45. The predicted octanol–water partition coefficient (Wildman–Crippen LogP) is 1.54. The van der Waals surface area contributed by atoms with Gasteiger partial charge in [0, 0.05) is 32.6 Å². The maximum Gasteiger partial charge on any atom is 0.223 e. The predicted molar refractivity (Wildman–Crippen MR) is 84.2 cm³/mol. The van der Waals surface area contributed by atoms with Gasteiger partial charge in [0.15, 0.2) is 0 Å². The molecule has 0 bridgehead atoms. The molecule has 1 fully saturated rings. The van der Waals surface area contributed by atoms with E-state index in [-0.39, 0.29) is 5.91 Å². The molecule has 0 saturated heterocycles. The summed E-state index contributed by atoms with van der Waals surface area (Å²) in [5.41, 5.74) is 0. The Bertz CT molecular complexity index is 277. The lowest BCUT2D eigenvalue weighted by atomic mass is 9.98. The molecule has 0 heterocycles. The third kappa shape index (κ3) is 7.79. The third-order valence-electron chi connectivity index (χ3n) is 4.09. The van der Waals surface area contributed by atoms with E-state index < -0.39 is 6.10 Å². The molecule has 124 valence electrons. The molecule has 0 aromatic carbocycles. The molecule has 0 aromatic rings. The second-order valence-electron chi connectivity index (χ2n) is 5.77. The molecule has 0 aromatic heterocycles. The first-order chi connectivity index (χ1) is 10.2. The van der Waals surface area contributed by atoms with Crippen LogP contribution >= 0.6 is 0 Å². The van der Waals surface area contributed by atoms with Gasteiger partial charge < -0.3 is 20.1 Å². The fourth-order valence-corrected chi connectivity index (χ4v) is 2.74. The summed E-state index contributed by atoms with van der Waals surface area (Å²) in [6.45, 7) is 6.97. The van der Waals surface area contributed by atoms with Gasteiger partial charge in [-0.05, 0) is 26.7 Å². The third-order valence-corrected chi connectivity index (χ3v) is 4.09. The summed E-state index contributed by atoms with van der Waals surface area (Å²) < 4.78 is 5.73. The summed E-state index contributed by atoms with van der Waals surface area (Å²) in [5.74, 6) is 0.167. The number of amides is 1. The van der Waals surface area contributed by atoms with Crippen molar-refractivity contribution in [3.8, 4) is 0 Å². The minimum absolute atomic E-state index is 0.167. The molecule has 1 aliphatic carbocycles. The van der Waals surface area contributed by atoms with Gasteiger partial charge in [-0.25, -0.2) is 0 Å². The second kappa shape index (κ2) is 11.0. The summed E-state index contributed by atoms with van der Waals surface area (Å²) in [5, 5.41) is 13.0. The largest absolute Gasteiger partial charge is 0.389 e. The Morgan fingerprint density at radius 1 is 1.29 bits per heavy atom. The topological polar surface area (TPSA) is 61.8 Å². The Hall–Kier alpha value is -0.650. The molecule has 0 spiro atoms. The molecule has 1 unspecified atom stereocenters. The fraction of sp³-hybridized carbons (Fsp3) is 0.938. The van der Waals surface area contributed by atoms with E-state index >= 15 is 0 Å². The molecule has 1 amide bonds. The maximum atomic E-state index is 11.8. The SMILES string of the molecule is CCN(CC)C(=O)CCNCC(O)COC1CCCCC1. The number of nitrogens with zero attached hydrogens (tertiary/aromatic N) is 1. The molecule has 1 saturated carbocycles. The van der Waals surface area contributed by atoms with Crippen LogP contribution in [-0.4, -0.2) is 60.9 Å². The highest BCUT2D eigenvalue weighted by molar-refractivity contribution is 5.76. The average molecular weight is 300 g/mol. The Balaban J connectivity index is 2.02. The van der Waals surface area contributed by atoms with Crippen LogP contribution in [0.5, 0.6) is 0 Å². The van der Waals surface area contributed by atoms with Crippen molar-refractivity contribution in [3.05, 3.63) is 0 Å². The first kappa shape index (κ1) is 18.4. The van der Waals surface area contributed by atoms with Crippen LogP contribution in [0.3, 0.4) is 0 Å². The highest BCUT2D eigenvalue weighted by atomic mass is 16.5. The smallest absolute Gasteiger partial charge is 0.223 e. The van der Waals surface area contributed by atoms with Crippen molar-refractivity contribution in [2.45, 2.75) is 64.6 Å². The zero-order valence-corrected chi connectivity index (χ0v) is 13.6. The molecule has 2 N–H and O–H groups in total. The molecule has 21 heavy (non-hydrogen) atoms. The van der Waals surface area contributed by atoms with Crippen molar-refractivity contribution in [2.75, 3.05) is 32.8 Å². The van der Waals surface area contributed by atoms with Gasteiger partial charge >= 0.3 is 0 Å². The van der Waals surface area contributed by atoms with Crippen LogP contribution in [0.25, 0.3) is 0 Å². The van der Waals surface area contributed by atoms with E-state index in [2.05, 4.69) is 5.32 Å². The van der Waals surface area contributed by atoms with Gasteiger partial charge in [-0.2, -0.15) is 0 Å². The molecule has 0 radical (unpaired) electrons. The standard InChI is InChI=1S/C16H32N2O3/c1-3-18(4-2)16(20)10-11-17-12-14(19)13-21-15-8-6-5-7-9-15/h14-15,17,19H,3-13H2,1-2H3. The van der Waals surface area contributed by atoms with E-state index in [0.29, 0.717) is 32.2 Å². The average Bonchev–Trinajstić information content (AvgIpc) is 2.52. The van der Waals surface area contributed by atoms with Crippen LogP contribution in [0.1, 0.15) is 52.4 Å². The molecular weight excluding hydrogens is 268 g/mol.